The van der Waals surface area contributed by atoms with Crippen molar-refractivity contribution >= 4 is 17.6 Å². The molecule has 0 saturated heterocycles. The molecule has 0 heterocycles. The largest absolute Gasteiger partial charge is 0.352 e. The quantitative estimate of drug-likeness (QED) is 0.733. The molecule has 5 nitrogen and oxygen atoms in total. The van der Waals surface area contributed by atoms with Gasteiger partial charge in [0.15, 0.2) is 0 Å². The fourth-order valence-electron chi connectivity index (χ4n) is 1.40. The summed E-state index contributed by atoms with van der Waals surface area (Å²) in [5.74, 6) is -0.294. The van der Waals surface area contributed by atoms with Gasteiger partial charge in [-0.3, -0.25) is 4.79 Å². The number of anilines is 1. The third-order valence-corrected chi connectivity index (χ3v) is 2.35. The first kappa shape index (κ1) is 13.0. The fraction of sp³-hybridized carbons (Fsp3) is 0.333. The molecular formula is C12H17N3O2. The summed E-state index contributed by atoms with van der Waals surface area (Å²) in [6.45, 7) is 3.61. The van der Waals surface area contributed by atoms with Crippen LogP contribution < -0.4 is 16.4 Å². The molecule has 0 aliphatic carbocycles. The van der Waals surface area contributed by atoms with Crippen LogP contribution in [-0.4, -0.2) is 18.0 Å². The van der Waals surface area contributed by atoms with E-state index in [4.69, 9.17) is 5.73 Å². The maximum absolute atomic E-state index is 11.7. The van der Waals surface area contributed by atoms with Crippen LogP contribution in [0.5, 0.6) is 0 Å². The van der Waals surface area contributed by atoms with Crippen molar-refractivity contribution in [2.75, 3.05) is 5.32 Å². The van der Waals surface area contributed by atoms with E-state index >= 15 is 0 Å². The molecule has 17 heavy (non-hydrogen) atoms. The van der Waals surface area contributed by atoms with E-state index in [0.29, 0.717) is 5.69 Å². The zero-order chi connectivity index (χ0) is 12.8. The second-order valence-electron chi connectivity index (χ2n) is 3.77. The second-order valence-corrected chi connectivity index (χ2v) is 3.77. The first-order chi connectivity index (χ1) is 8.02. The van der Waals surface area contributed by atoms with Gasteiger partial charge in [0.2, 0.25) is 5.91 Å². The number of hydrogen-bond donors (Lipinski definition) is 3. The minimum Gasteiger partial charge on any atom is -0.352 e. The summed E-state index contributed by atoms with van der Waals surface area (Å²) in [4.78, 5) is 22.3. The summed E-state index contributed by atoms with van der Waals surface area (Å²) in [7, 11) is 0. The van der Waals surface area contributed by atoms with Crippen molar-refractivity contribution in [3.63, 3.8) is 0 Å². The Morgan fingerprint density at radius 2 is 2.12 bits per heavy atom. The number of rotatable bonds is 4. The summed E-state index contributed by atoms with van der Waals surface area (Å²) in [6, 6.07) is 6.19. The molecule has 3 amide bonds. The molecule has 1 aromatic carbocycles. The van der Waals surface area contributed by atoms with E-state index in [2.05, 4.69) is 10.6 Å². The van der Waals surface area contributed by atoms with Crippen molar-refractivity contribution in [3.8, 4) is 0 Å². The smallest absolute Gasteiger partial charge is 0.312 e. The summed E-state index contributed by atoms with van der Waals surface area (Å²) >= 11 is 0. The zero-order valence-electron chi connectivity index (χ0n) is 9.99. The molecule has 0 bridgehead atoms. The van der Waals surface area contributed by atoms with Crippen molar-refractivity contribution in [2.24, 2.45) is 5.73 Å². The minimum atomic E-state index is -0.713. The highest BCUT2D eigenvalue weighted by Crippen LogP contribution is 2.11. The second kappa shape index (κ2) is 5.89. The van der Waals surface area contributed by atoms with Crippen molar-refractivity contribution in [1.82, 2.24) is 5.32 Å². The van der Waals surface area contributed by atoms with E-state index in [1.54, 1.807) is 13.0 Å². The average molecular weight is 235 g/mol. The molecule has 0 fully saturated rings. The summed E-state index contributed by atoms with van der Waals surface area (Å²) in [5.41, 5.74) is 6.79. The molecule has 1 unspecified atom stereocenters. The number of amides is 3. The molecule has 0 aromatic heterocycles. The topological polar surface area (TPSA) is 84.2 Å². The lowest BCUT2D eigenvalue weighted by molar-refractivity contribution is -0.117. The van der Waals surface area contributed by atoms with Crippen molar-refractivity contribution in [3.05, 3.63) is 29.8 Å². The van der Waals surface area contributed by atoms with E-state index < -0.39 is 12.1 Å². The van der Waals surface area contributed by atoms with Gasteiger partial charge in [-0.25, -0.2) is 4.79 Å². The molecule has 0 aliphatic rings. The summed E-state index contributed by atoms with van der Waals surface area (Å²) in [5, 5.41) is 5.03. The Kier molecular flexibility index (Phi) is 4.51. The standard InChI is InChI=1S/C12H17N3O2/c1-3-9-5-4-6-10(7-9)15-11(16)8(2)14-12(13)17/h4-8H,3H2,1-2H3,(H,15,16)(H3,13,14,17). The van der Waals surface area contributed by atoms with Crippen LogP contribution in [0.3, 0.4) is 0 Å². The summed E-state index contributed by atoms with van der Waals surface area (Å²) in [6.07, 6.45) is 0.902. The molecule has 0 spiro atoms. The van der Waals surface area contributed by atoms with Crippen LogP contribution >= 0.6 is 0 Å². The van der Waals surface area contributed by atoms with Gasteiger partial charge in [0.25, 0.3) is 0 Å². The van der Waals surface area contributed by atoms with Gasteiger partial charge >= 0.3 is 6.03 Å². The number of aryl methyl sites for hydroxylation is 1. The van der Waals surface area contributed by atoms with Gasteiger partial charge in [0, 0.05) is 5.69 Å². The van der Waals surface area contributed by atoms with E-state index in [0.717, 1.165) is 12.0 Å². The lowest BCUT2D eigenvalue weighted by Crippen LogP contribution is -2.44. The molecule has 0 aliphatic heterocycles. The fourth-order valence-corrected chi connectivity index (χ4v) is 1.40. The monoisotopic (exact) mass is 235 g/mol. The van der Waals surface area contributed by atoms with Gasteiger partial charge in [-0.2, -0.15) is 0 Å². The minimum absolute atomic E-state index is 0.294. The number of urea groups is 1. The number of nitrogens with two attached hydrogens (primary N) is 1. The third-order valence-electron chi connectivity index (χ3n) is 2.35. The Labute approximate surface area is 100 Å². The molecule has 1 rings (SSSR count). The first-order valence-electron chi connectivity index (χ1n) is 5.48. The Bertz CT molecular complexity index is 418. The van der Waals surface area contributed by atoms with Gasteiger partial charge < -0.3 is 16.4 Å². The highest BCUT2D eigenvalue weighted by Gasteiger charge is 2.13. The molecular weight excluding hydrogens is 218 g/mol. The molecule has 92 valence electrons. The lowest BCUT2D eigenvalue weighted by Gasteiger charge is -2.12. The predicted molar refractivity (Wildman–Crippen MR) is 66.6 cm³/mol. The molecule has 0 saturated carbocycles. The van der Waals surface area contributed by atoms with Crippen LogP contribution in [0.2, 0.25) is 0 Å². The highest BCUT2D eigenvalue weighted by atomic mass is 16.2. The molecule has 1 atom stereocenters. The number of nitrogens with one attached hydrogen (secondary N) is 2. The SMILES string of the molecule is CCc1cccc(NC(=O)C(C)NC(N)=O)c1. The van der Waals surface area contributed by atoms with E-state index in [1.807, 2.05) is 25.1 Å². The molecule has 5 heteroatoms. The first-order valence-corrected chi connectivity index (χ1v) is 5.48. The highest BCUT2D eigenvalue weighted by molar-refractivity contribution is 5.96. The van der Waals surface area contributed by atoms with Crippen LogP contribution in [-0.2, 0) is 11.2 Å². The van der Waals surface area contributed by atoms with E-state index in [9.17, 15) is 9.59 Å². The Balaban J connectivity index is 2.64. The Morgan fingerprint density at radius 3 is 2.71 bits per heavy atom. The van der Waals surface area contributed by atoms with Crippen LogP contribution in [0.4, 0.5) is 10.5 Å². The number of benzene rings is 1. The number of primary amides is 1. The van der Waals surface area contributed by atoms with Crippen molar-refractivity contribution in [2.45, 2.75) is 26.3 Å². The molecule has 4 N–H and O–H groups in total. The van der Waals surface area contributed by atoms with Crippen molar-refractivity contribution in [1.29, 1.82) is 0 Å². The molecule has 1 aromatic rings. The average Bonchev–Trinajstić information content (AvgIpc) is 2.28. The van der Waals surface area contributed by atoms with Crippen LogP contribution in [0.15, 0.2) is 24.3 Å². The number of carbonyl (C=O) groups excluding carboxylic acids is 2. The number of carbonyl (C=O) groups is 2. The maximum atomic E-state index is 11.7. The Morgan fingerprint density at radius 1 is 1.41 bits per heavy atom. The van der Waals surface area contributed by atoms with Gasteiger partial charge in [0.1, 0.15) is 6.04 Å². The number of hydrogen-bond acceptors (Lipinski definition) is 2. The van der Waals surface area contributed by atoms with Crippen LogP contribution in [0, 0.1) is 0 Å². The predicted octanol–water partition coefficient (Wildman–Crippen LogP) is 1.24. The lowest BCUT2D eigenvalue weighted by atomic mass is 10.1. The van der Waals surface area contributed by atoms with Crippen LogP contribution in [0.1, 0.15) is 19.4 Å². The van der Waals surface area contributed by atoms with E-state index in [-0.39, 0.29) is 5.91 Å². The van der Waals surface area contributed by atoms with E-state index in [1.165, 1.54) is 0 Å². The van der Waals surface area contributed by atoms with Gasteiger partial charge in [-0.15, -0.1) is 0 Å². The molecule has 0 radical (unpaired) electrons. The summed E-state index contributed by atoms with van der Waals surface area (Å²) < 4.78 is 0. The Hall–Kier alpha value is -2.04. The van der Waals surface area contributed by atoms with Crippen molar-refractivity contribution < 1.29 is 9.59 Å². The van der Waals surface area contributed by atoms with Gasteiger partial charge in [-0.05, 0) is 31.0 Å². The van der Waals surface area contributed by atoms with Gasteiger partial charge in [-0.1, -0.05) is 19.1 Å². The van der Waals surface area contributed by atoms with Crippen LogP contribution in [0.25, 0.3) is 0 Å². The zero-order valence-corrected chi connectivity index (χ0v) is 9.99. The maximum Gasteiger partial charge on any atom is 0.312 e. The third kappa shape index (κ3) is 4.14. The normalized spacial score (nSPS) is 11.6. The van der Waals surface area contributed by atoms with Gasteiger partial charge in [0.05, 0.1) is 0 Å².